The van der Waals surface area contributed by atoms with Crippen LogP contribution in [0.4, 0.5) is 5.13 Å². The predicted octanol–water partition coefficient (Wildman–Crippen LogP) is 3.45. The number of fused-ring (bicyclic) bond motifs is 2. The van der Waals surface area contributed by atoms with Gasteiger partial charge in [0.1, 0.15) is 9.88 Å². The van der Waals surface area contributed by atoms with E-state index < -0.39 is 0 Å². The van der Waals surface area contributed by atoms with Crippen LogP contribution in [0.1, 0.15) is 14.7 Å². The van der Waals surface area contributed by atoms with Gasteiger partial charge in [-0.3, -0.25) is 10.1 Å². The monoisotopic (exact) mass is 378 g/mol. The average molecular weight is 379 g/mol. The maximum Gasteiger partial charge on any atom is 0.269 e. The van der Waals surface area contributed by atoms with Crippen molar-refractivity contribution in [3.8, 4) is 17.6 Å². The van der Waals surface area contributed by atoms with Gasteiger partial charge in [0.25, 0.3) is 5.91 Å². The fourth-order valence-corrected chi connectivity index (χ4v) is 4.28. The third kappa shape index (κ3) is 2.54. The molecule has 1 aliphatic rings. The second-order valence-electron chi connectivity index (χ2n) is 4.74. The van der Waals surface area contributed by atoms with E-state index in [4.69, 9.17) is 26.3 Å². The number of nitrogens with zero attached hydrogens (tertiary/aromatic N) is 3. The number of carbonyl (C=O) groups is 1. The number of thiophene rings is 1. The minimum absolute atomic E-state index is 0.155. The molecule has 0 aliphatic carbocycles. The maximum atomic E-state index is 12.5. The Morgan fingerprint density at radius 3 is 2.92 bits per heavy atom. The van der Waals surface area contributed by atoms with Gasteiger partial charge >= 0.3 is 0 Å². The van der Waals surface area contributed by atoms with Crippen molar-refractivity contribution in [2.45, 2.75) is 6.42 Å². The Balaban J connectivity index is 1.64. The van der Waals surface area contributed by atoms with Gasteiger partial charge in [0.15, 0.2) is 11.5 Å². The summed E-state index contributed by atoms with van der Waals surface area (Å²) in [7, 11) is 0. The van der Waals surface area contributed by atoms with E-state index in [9.17, 15) is 4.79 Å². The molecule has 1 aliphatic heterocycles. The number of amides is 1. The van der Waals surface area contributed by atoms with Crippen molar-refractivity contribution >= 4 is 55.4 Å². The molecule has 3 aromatic rings. The molecular formula is C14H7ClN4O3S2. The highest BCUT2D eigenvalue weighted by Crippen LogP contribution is 2.43. The van der Waals surface area contributed by atoms with Gasteiger partial charge in [-0.05, 0) is 6.07 Å². The number of hydrogen-bond acceptors (Lipinski definition) is 8. The van der Waals surface area contributed by atoms with E-state index in [0.717, 1.165) is 21.4 Å². The van der Waals surface area contributed by atoms with Gasteiger partial charge in [-0.25, -0.2) is 0 Å². The predicted molar refractivity (Wildman–Crippen MR) is 90.1 cm³/mol. The van der Waals surface area contributed by atoms with Crippen LogP contribution < -0.4 is 14.8 Å². The minimum Gasteiger partial charge on any atom is -0.454 e. The summed E-state index contributed by atoms with van der Waals surface area (Å²) in [4.78, 5) is 12.8. The van der Waals surface area contributed by atoms with E-state index in [1.54, 1.807) is 12.1 Å². The molecule has 0 spiro atoms. The minimum atomic E-state index is -0.372. The number of carbonyl (C=O) groups excluding carboxylic acids is 1. The molecule has 0 atom stereocenters. The third-order valence-electron chi connectivity index (χ3n) is 3.25. The number of nitrogens with one attached hydrogen (secondary N) is 1. The van der Waals surface area contributed by atoms with Gasteiger partial charge in [0.05, 0.1) is 17.5 Å². The first-order valence-corrected chi connectivity index (χ1v) is 8.69. The van der Waals surface area contributed by atoms with E-state index in [-0.39, 0.29) is 19.1 Å². The van der Waals surface area contributed by atoms with Crippen LogP contribution in [0.5, 0.6) is 11.5 Å². The number of nitriles is 1. The maximum absolute atomic E-state index is 12.5. The number of rotatable bonds is 3. The largest absolute Gasteiger partial charge is 0.454 e. The van der Waals surface area contributed by atoms with E-state index in [0.29, 0.717) is 31.5 Å². The van der Waals surface area contributed by atoms with Crippen LogP contribution in [0, 0.1) is 11.3 Å². The highest BCUT2D eigenvalue weighted by molar-refractivity contribution is 7.22. The molecule has 0 fully saturated rings. The number of halogens is 1. The van der Waals surface area contributed by atoms with Crippen LogP contribution in [0.25, 0.3) is 10.1 Å². The van der Waals surface area contributed by atoms with Crippen LogP contribution >= 0.6 is 34.3 Å². The van der Waals surface area contributed by atoms with E-state index in [2.05, 4.69) is 15.5 Å². The topological polar surface area (TPSA) is 97.1 Å². The lowest BCUT2D eigenvalue weighted by Crippen LogP contribution is -2.10. The second kappa shape index (κ2) is 5.90. The summed E-state index contributed by atoms with van der Waals surface area (Å²) in [6.07, 6.45) is 0.155. The van der Waals surface area contributed by atoms with Crippen molar-refractivity contribution in [2.24, 2.45) is 0 Å². The van der Waals surface area contributed by atoms with Gasteiger partial charge in [0.2, 0.25) is 11.9 Å². The van der Waals surface area contributed by atoms with Crippen LogP contribution in [0.3, 0.4) is 0 Å². The molecule has 1 amide bonds. The Labute approximate surface area is 148 Å². The SMILES string of the molecule is N#CCc1nnc(NC(=O)c2sc3cc4c(cc3c2Cl)OCO4)s1. The summed E-state index contributed by atoms with van der Waals surface area (Å²) in [5.41, 5.74) is 0. The summed E-state index contributed by atoms with van der Waals surface area (Å²) in [5.74, 6) is 0.875. The summed E-state index contributed by atoms with van der Waals surface area (Å²) >= 11 is 8.77. The summed E-state index contributed by atoms with van der Waals surface area (Å²) < 4.78 is 11.5. The zero-order valence-corrected chi connectivity index (χ0v) is 14.2. The van der Waals surface area contributed by atoms with E-state index >= 15 is 0 Å². The number of hydrogen-bond donors (Lipinski definition) is 1. The Kier molecular flexibility index (Phi) is 3.72. The molecule has 0 saturated heterocycles. The first-order chi connectivity index (χ1) is 11.7. The smallest absolute Gasteiger partial charge is 0.269 e. The molecule has 0 radical (unpaired) electrons. The molecule has 0 saturated carbocycles. The van der Waals surface area contributed by atoms with Crippen LogP contribution in [0.15, 0.2) is 12.1 Å². The lowest BCUT2D eigenvalue weighted by molar-refractivity contribution is 0.103. The molecule has 1 N–H and O–H groups in total. The molecule has 0 bridgehead atoms. The lowest BCUT2D eigenvalue weighted by atomic mass is 10.2. The lowest BCUT2D eigenvalue weighted by Gasteiger charge is -1.98. The molecule has 0 unspecified atom stereocenters. The Bertz CT molecular complexity index is 1010. The van der Waals surface area contributed by atoms with Crippen LogP contribution in [-0.4, -0.2) is 22.9 Å². The zero-order chi connectivity index (χ0) is 16.7. The number of ether oxygens (including phenoxy) is 2. The first-order valence-electron chi connectivity index (χ1n) is 6.68. The van der Waals surface area contributed by atoms with Crippen molar-refractivity contribution in [2.75, 3.05) is 12.1 Å². The summed E-state index contributed by atoms with van der Waals surface area (Å²) in [6, 6.07) is 5.56. The molecule has 24 heavy (non-hydrogen) atoms. The van der Waals surface area contributed by atoms with Crippen LogP contribution in [-0.2, 0) is 6.42 Å². The Morgan fingerprint density at radius 1 is 1.33 bits per heavy atom. The average Bonchev–Trinajstić information content (AvgIpc) is 3.26. The molecule has 1 aromatic carbocycles. The van der Waals surface area contributed by atoms with Crippen molar-refractivity contribution in [1.29, 1.82) is 5.26 Å². The standard InChI is InChI=1S/C14H7ClN4O3S2/c15-11-6-3-7-8(22-5-21-7)4-9(6)23-12(11)13(20)17-14-19-18-10(24-14)1-2-16/h3-4H,1,5H2,(H,17,19,20). The van der Waals surface area contributed by atoms with Gasteiger partial charge < -0.3 is 9.47 Å². The third-order valence-corrected chi connectivity index (χ3v) is 5.74. The number of benzene rings is 1. The van der Waals surface area contributed by atoms with Gasteiger partial charge in [-0.15, -0.1) is 21.5 Å². The van der Waals surface area contributed by atoms with Crippen molar-refractivity contribution in [3.05, 3.63) is 27.0 Å². The Morgan fingerprint density at radius 2 is 2.12 bits per heavy atom. The second-order valence-corrected chi connectivity index (χ2v) is 7.23. The van der Waals surface area contributed by atoms with Crippen molar-refractivity contribution in [3.63, 3.8) is 0 Å². The fourth-order valence-electron chi connectivity index (χ4n) is 2.20. The molecule has 3 heterocycles. The Hall–Kier alpha value is -2.41. The normalized spacial score (nSPS) is 12.3. The summed E-state index contributed by atoms with van der Waals surface area (Å²) in [6.45, 7) is 0.180. The van der Waals surface area contributed by atoms with Crippen LogP contribution in [0.2, 0.25) is 5.02 Å². The molecule has 2 aromatic heterocycles. The van der Waals surface area contributed by atoms with Gasteiger partial charge in [-0.2, -0.15) is 5.26 Å². The fraction of sp³-hybridized carbons (Fsp3) is 0.143. The molecule has 120 valence electrons. The number of aromatic nitrogens is 2. The quantitative estimate of drug-likeness (QED) is 0.749. The molecular weight excluding hydrogens is 372 g/mol. The zero-order valence-electron chi connectivity index (χ0n) is 11.8. The van der Waals surface area contributed by atoms with Gasteiger partial charge in [0, 0.05) is 16.2 Å². The number of anilines is 1. The highest BCUT2D eigenvalue weighted by atomic mass is 35.5. The molecule has 4 rings (SSSR count). The van der Waals surface area contributed by atoms with E-state index in [1.165, 1.54) is 11.3 Å². The van der Waals surface area contributed by atoms with Gasteiger partial charge in [-0.1, -0.05) is 22.9 Å². The van der Waals surface area contributed by atoms with E-state index in [1.807, 2.05) is 6.07 Å². The van der Waals surface area contributed by atoms with Crippen molar-refractivity contribution < 1.29 is 14.3 Å². The van der Waals surface area contributed by atoms with Crippen molar-refractivity contribution in [1.82, 2.24) is 10.2 Å². The molecule has 10 heteroatoms. The highest BCUT2D eigenvalue weighted by Gasteiger charge is 2.22. The summed E-state index contributed by atoms with van der Waals surface area (Å²) in [5, 5.41) is 20.9. The first kappa shape index (κ1) is 15.1. The molecule has 7 nitrogen and oxygen atoms in total.